The van der Waals surface area contributed by atoms with Gasteiger partial charge in [0.2, 0.25) is 0 Å². The Kier molecular flexibility index (Phi) is 8.93. The highest BCUT2D eigenvalue weighted by Gasteiger charge is 2.37. The van der Waals surface area contributed by atoms with E-state index < -0.39 is 29.6 Å². The van der Waals surface area contributed by atoms with Crippen LogP contribution in [-0.2, 0) is 23.9 Å². The molecule has 168 valence electrons. The third-order valence-electron chi connectivity index (χ3n) is 3.75. The lowest BCUT2D eigenvalue weighted by atomic mass is 10.2. The number of esters is 2. The largest absolute Gasteiger partial charge is 0.493 e. The van der Waals surface area contributed by atoms with Gasteiger partial charge in [-0.3, -0.25) is 19.3 Å². The van der Waals surface area contributed by atoms with E-state index in [1.165, 1.54) is 13.2 Å². The number of carbonyl (C=O) groups excluding carboxylic acids is 4. The van der Waals surface area contributed by atoms with Gasteiger partial charge in [-0.25, -0.2) is 4.79 Å². The minimum atomic E-state index is -0.662. The molecule has 0 unspecified atom stereocenters. The second-order valence-electron chi connectivity index (χ2n) is 6.42. The van der Waals surface area contributed by atoms with Crippen LogP contribution >= 0.6 is 27.7 Å². The van der Waals surface area contributed by atoms with Gasteiger partial charge < -0.3 is 18.9 Å². The van der Waals surface area contributed by atoms with Crippen LogP contribution in [0.15, 0.2) is 21.5 Å². The molecule has 2 rings (SSSR count). The predicted molar refractivity (Wildman–Crippen MR) is 117 cm³/mol. The maximum Gasteiger partial charge on any atom is 0.344 e. The van der Waals surface area contributed by atoms with Crippen molar-refractivity contribution in [3.8, 4) is 11.5 Å². The van der Waals surface area contributed by atoms with Gasteiger partial charge in [0.1, 0.15) is 6.54 Å². The zero-order chi connectivity index (χ0) is 23.1. The lowest BCUT2D eigenvalue weighted by molar-refractivity contribution is -0.149. The van der Waals surface area contributed by atoms with Crippen LogP contribution in [0.2, 0.25) is 0 Å². The standard InChI is InChI=1S/C20H22BrNO8S/c1-5-28-18(24)10-29-15-8-13(21)12(6-14(15)27-4)7-16-19(25)22(20(26)31-16)9-17(23)30-11(2)3/h6-8,11H,5,9-10H2,1-4H3. The first-order valence-electron chi connectivity index (χ1n) is 9.27. The Bertz CT molecular complexity index is 915. The lowest BCUT2D eigenvalue weighted by Crippen LogP contribution is -2.35. The van der Waals surface area contributed by atoms with Gasteiger partial charge in [-0.15, -0.1) is 0 Å². The van der Waals surface area contributed by atoms with Gasteiger partial charge in [0.25, 0.3) is 11.1 Å². The van der Waals surface area contributed by atoms with E-state index in [0.29, 0.717) is 21.5 Å². The SMILES string of the molecule is CCOC(=O)COc1cc(Br)c(C=C2SC(=O)N(CC(=O)OC(C)C)C2=O)cc1OC. The third-order valence-corrected chi connectivity index (χ3v) is 5.34. The first-order chi connectivity index (χ1) is 14.7. The second-order valence-corrected chi connectivity index (χ2v) is 8.27. The third kappa shape index (κ3) is 6.73. The number of methoxy groups -OCH3 is 1. The molecule has 1 aliphatic heterocycles. The van der Waals surface area contributed by atoms with Gasteiger partial charge in [-0.1, -0.05) is 15.9 Å². The maximum absolute atomic E-state index is 12.6. The molecule has 0 radical (unpaired) electrons. The van der Waals surface area contributed by atoms with E-state index in [1.807, 2.05) is 0 Å². The number of hydrogen-bond acceptors (Lipinski definition) is 9. The second kappa shape index (κ2) is 11.2. The van der Waals surface area contributed by atoms with Crippen LogP contribution in [0.1, 0.15) is 26.3 Å². The first kappa shape index (κ1) is 24.7. The fourth-order valence-electron chi connectivity index (χ4n) is 2.48. The number of nitrogens with zero attached hydrogens (tertiary/aromatic N) is 1. The minimum absolute atomic E-state index is 0.144. The summed E-state index contributed by atoms with van der Waals surface area (Å²) >= 11 is 4.10. The van der Waals surface area contributed by atoms with Crippen molar-refractivity contribution >= 4 is 56.9 Å². The van der Waals surface area contributed by atoms with E-state index in [9.17, 15) is 19.2 Å². The Balaban J connectivity index is 2.20. The molecule has 9 nitrogen and oxygen atoms in total. The summed E-state index contributed by atoms with van der Waals surface area (Å²) in [6, 6.07) is 3.17. The number of rotatable bonds is 9. The molecule has 1 aliphatic rings. The summed E-state index contributed by atoms with van der Waals surface area (Å²) in [6.45, 7) is 4.55. The molecule has 31 heavy (non-hydrogen) atoms. The van der Waals surface area contributed by atoms with Gasteiger partial charge >= 0.3 is 11.9 Å². The summed E-state index contributed by atoms with van der Waals surface area (Å²) in [6.07, 6.45) is 1.15. The molecular formula is C20H22BrNO8S. The van der Waals surface area contributed by atoms with E-state index in [4.69, 9.17) is 18.9 Å². The van der Waals surface area contributed by atoms with E-state index >= 15 is 0 Å². The number of imide groups is 1. The quantitative estimate of drug-likeness (QED) is 0.361. The molecule has 11 heteroatoms. The molecular weight excluding hydrogens is 494 g/mol. The number of amides is 2. The topological polar surface area (TPSA) is 108 Å². The number of halogens is 1. The lowest BCUT2D eigenvalue weighted by Gasteiger charge is -2.13. The highest BCUT2D eigenvalue weighted by atomic mass is 79.9. The fourth-order valence-corrected chi connectivity index (χ4v) is 3.75. The molecule has 1 saturated heterocycles. The van der Waals surface area contributed by atoms with Crippen molar-refractivity contribution in [1.82, 2.24) is 4.90 Å². The Morgan fingerprint density at radius 3 is 2.52 bits per heavy atom. The molecule has 1 heterocycles. The van der Waals surface area contributed by atoms with Crippen molar-refractivity contribution in [1.29, 1.82) is 0 Å². The van der Waals surface area contributed by atoms with Crippen LogP contribution < -0.4 is 9.47 Å². The number of thioether (sulfide) groups is 1. The Hall–Kier alpha value is -2.53. The smallest absolute Gasteiger partial charge is 0.344 e. The molecule has 2 amide bonds. The molecule has 0 bridgehead atoms. The van der Waals surface area contributed by atoms with Crippen LogP contribution in [0.5, 0.6) is 11.5 Å². The molecule has 1 fully saturated rings. The average molecular weight is 516 g/mol. The summed E-state index contributed by atoms with van der Waals surface area (Å²) in [5, 5.41) is -0.561. The molecule has 0 saturated carbocycles. The predicted octanol–water partition coefficient (Wildman–Crippen LogP) is 3.39. The zero-order valence-corrected chi connectivity index (χ0v) is 19.8. The van der Waals surface area contributed by atoms with Crippen molar-refractivity contribution in [3.63, 3.8) is 0 Å². The van der Waals surface area contributed by atoms with Crippen LogP contribution in [0.25, 0.3) is 6.08 Å². The summed E-state index contributed by atoms with van der Waals surface area (Å²) in [5.74, 6) is -1.16. The normalized spacial score (nSPS) is 14.9. The van der Waals surface area contributed by atoms with E-state index in [1.54, 1.807) is 32.9 Å². The number of carbonyl (C=O) groups is 4. The first-order valence-corrected chi connectivity index (χ1v) is 10.9. The highest BCUT2D eigenvalue weighted by molar-refractivity contribution is 9.10. The molecule has 1 aromatic carbocycles. The van der Waals surface area contributed by atoms with Crippen molar-refractivity contribution in [3.05, 3.63) is 27.1 Å². The van der Waals surface area contributed by atoms with Gasteiger partial charge in [0.15, 0.2) is 18.1 Å². The Morgan fingerprint density at radius 2 is 1.90 bits per heavy atom. The Labute approximate surface area is 192 Å². The van der Waals surface area contributed by atoms with Crippen molar-refractivity contribution in [2.45, 2.75) is 26.9 Å². The van der Waals surface area contributed by atoms with Gasteiger partial charge in [0.05, 0.1) is 24.7 Å². The van der Waals surface area contributed by atoms with Crippen molar-refractivity contribution < 1.29 is 38.1 Å². The molecule has 0 aromatic heterocycles. The van der Waals surface area contributed by atoms with Crippen LogP contribution in [0.3, 0.4) is 0 Å². The average Bonchev–Trinajstić information content (AvgIpc) is 2.95. The maximum atomic E-state index is 12.6. The van der Waals surface area contributed by atoms with Crippen LogP contribution in [0, 0.1) is 0 Å². The van der Waals surface area contributed by atoms with E-state index in [0.717, 1.165) is 16.7 Å². The van der Waals surface area contributed by atoms with Gasteiger partial charge in [0, 0.05) is 4.47 Å². The number of hydrogen-bond donors (Lipinski definition) is 0. The summed E-state index contributed by atoms with van der Waals surface area (Å²) in [4.78, 5) is 49.1. The molecule has 0 N–H and O–H groups in total. The van der Waals surface area contributed by atoms with Crippen LogP contribution in [0.4, 0.5) is 4.79 Å². The Morgan fingerprint density at radius 1 is 1.19 bits per heavy atom. The number of benzene rings is 1. The van der Waals surface area contributed by atoms with Gasteiger partial charge in [-0.2, -0.15) is 0 Å². The van der Waals surface area contributed by atoms with Gasteiger partial charge in [-0.05, 0) is 56.3 Å². The van der Waals surface area contributed by atoms with E-state index in [-0.39, 0.29) is 24.2 Å². The van der Waals surface area contributed by atoms with E-state index in [2.05, 4.69) is 15.9 Å². The van der Waals surface area contributed by atoms with Crippen molar-refractivity contribution in [2.75, 3.05) is 26.9 Å². The molecule has 0 atom stereocenters. The highest BCUT2D eigenvalue weighted by Crippen LogP contribution is 2.38. The summed E-state index contributed by atoms with van der Waals surface area (Å²) in [5.41, 5.74) is 0.538. The summed E-state index contributed by atoms with van der Waals surface area (Å²) < 4.78 is 21.1. The monoisotopic (exact) mass is 515 g/mol. The zero-order valence-electron chi connectivity index (χ0n) is 17.4. The van der Waals surface area contributed by atoms with Crippen LogP contribution in [-0.4, -0.2) is 61.0 Å². The fraction of sp³-hybridized carbons (Fsp3) is 0.400. The van der Waals surface area contributed by atoms with Crippen molar-refractivity contribution in [2.24, 2.45) is 0 Å². The molecule has 0 aliphatic carbocycles. The summed E-state index contributed by atoms with van der Waals surface area (Å²) in [7, 11) is 1.43. The molecule has 1 aromatic rings. The minimum Gasteiger partial charge on any atom is -0.493 e. The molecule has 0 spiro atoms. The number of ether oxygens (including phenoxy) is 4.